The molecule has 10 heteroatoms. The molecular formula is C25H29N9O. The van der Waals surface area contributed by atoms with Crippen molar-refractivity contribution in [2.24, 2.45) is 7.05 Å². The van der Waals surface area contributed by atoms with Crippen LogP contribution < -0.4 is 11.0 Å². The molecule has 3 aromatic heterocycles. The first kappa shape index (κ1) is 22.6. The molecule has 1 aromatic carbocycles. The van der Waals surface area contributed by atoms with Gasteiger partial charge in [0.25, 0.3) is 0 Å². The fourth-order valence-corrected chi connectivity index (χ4v) is 4.68. The maximum Gasteiger partial charge on any atom is 0.334 e. The van der Waals surface area contributed by atoms with E-state index in [4.69, 9.17) is 0 Å². The van der Waals surface area contributed by atoms with Gasteiger partial charge in [-0.1, -0.05) is 43.7 Å². The van der Waals surface area contributed by atoms with Crippen molar-refractivity contribution in [3.05, 3.63) is 88.5 Å². The van der Waals surface area contributed by atoms with Gasteiger partial charge in [0.1, 0.15) is 5.82 Å². The first-order chi connectivity index (χ1) is 17.0. The predicted molar refractivity (Wildman–Crippen MR) is 133 cm³/mol. The van der Waals surface area contributed by atoms with Gasteiger partial charge >= 0.3 is 5.69 Å². The highest BCUT2D eigenvalue weighted by atomic mass is 16.1. The van der Waals surface area contributed by atoms with Gasteiger partial charge in [-0.3, -0.25) is 13.8 Å². The molecule has 4 aromatic rings. The second kappa shape index (κ2) is 9.21. The van der Waals surface area contributed by atoms with Crippen LogP contribution in [-0.2, 0) is 25.4 Å². The zero-order valence-electron chi connectivity index (χ0n) is 20.1. The molecule has 0 atom stereocenters. The number of aromatic amines is 1. The predicted octanol–water partition coefficient (Wildman–Crippen LogP) is 2.77. The standard InChI is InChI=1S/C25H29N9O/c1-4-5-9-21-16-33(23-18(2)15-27-32(23)3)24(35)34(21)17-25(10-12-26-13-11-25)20-8-6-7-19(14-20)22-28-30-31-29-22/h6-8,10-16,26H,4-5,9,17H2,1-3H3,(H,28,29,30,31). The number of rotatable bonds is 8. The van der Waals surface area contributed by atoms with E-state index in [2.05, 4.69) is 62.2 Å². The van der Waals surface area contributed by atoms with E-state index < -0.39 is 5.41 Å². The number of unbranched alkanes of at least 4 members (excludes halogenated alkanes) is 1. The van der Waals surface area contributed by atoms with Gasteiger partial charge in [0.2, 0.25) is 0 Å². The fraction of sp³-hybridized carbons (Fsp3) is 0.320. The van der Waals surface area contributed by atoms with Gasteiger partial charge in [0.15, 0.2) is 5.82 Å². The molecule has 0 amide bonds. The van der Waals surface area contributed by atoms with E-state index in [1.807, 2.05) is 49.3 Å². The number of hydrogen-bond acceptors (Lipinski definition) is 6. The van der Waals surface area contributed by atoms with Gasteiger partial charge < -0.3 is 5.32 Å². The number of nitrogens with zero attached hydrogens (tertiary/aromatic N) is 7. The van der Waals surface area contributed by atoms with Gasteiger partial charge in [-0.05, 0) is 54.2 Å². The molecule has 0 bridgehead atoms. The monoisotopic (exact) mass is 471 g/mol. The Labute approximate surface area is 203 Å². The maximum atomic E-state index is 13.8. The number of aromatic nitrogens is 8. The molecule has 0 fully saturated rings. The number of hydrogen-bond donors (Lipinski definition) is 2. The maximum absolute atomic E-state index is 13.8. The van der Waals surface area contributed by atoms with Crippen LogP contribution in [0.3, 0.4) is 0 Å². The first-order valence-electron chi connectivity index (χ1n) is 11.8. The van der Waals surface area contributed by atoms with Gasteiger partial charge in [-0.2, -0.15) is 5.10 Å². The number of nitrogens with one attached hydrogen (secondary N) is 2. The Morgan fingerprint density at radius 2 is 2.00 bits per heavy atom. The minimum atomic E-state index is -0.535. The van der Waals surface area contributed by atoms with E-state index in [1.165, 1.54) is 0 Å². The van der Waals surface area contributed by atoms with Crippen molar-refractivity contribution in [2.45, 2.75) is 45.1 Å². The average Bonchev–Trinajstić information content (AvgIpc) is 3.60. The van der Waals surface area contributed by atoms with Crippen molar-refractivity contribution >= 4 is 0 Å². The third-order valence-corrected chi connectivity index (χ3v) is 6.55. The van der Waals surface area contributed by atoms with E-state index in [0.29, 0.717) is 12.4 Å². The van der Waals surface area contributed by atoms with E-state index in [-0.39, 0.29) is 5.69 Å². The molecule has 180 valence electrons. The molecule has 5 rings (SSSR count). The second-order valence-corrected chi connectivity index (χ2v) is 8.94. The van der Waals surface area contributed by atoms with Crippen molar-refractivity contribution in [1.29, 1.82) is 0 Å². The minimum absolute atomic E-state index is 0.0712. The molecule has 35 heavy (non-hydrogen) atoms. The summed E-state index contributed by atoms with van der Waals surface area (Å²) in [5, 5.41) is 21.8. The largest absolute Gasteiger partial charge is 0.368 e. The van der Waals surface area contributed by atoms with Crippen LogP contribution in [0.15, 0.2) is 66.0 Å². The Hall–Kier alpha value is -4.21. The van der Waals surface area contributed by atoms with E-state index in [0.717, 1.165) is 47.5 Å². The Balaban J connectivity index is 1.63. The zero-order chi connectivity index (χ0) is 24.4. The fourth-order valence-electron chi connectivity index (χ4n) is 4.68. The summed E-state index contributed by atoms with van der Waals surface area (Å²) < 4.78 is 5.39. The number of imidazole rings is 1. The summed E-state index contributed by atoms with van der Waals surface area (Å²) in [7, 11) is 1.86. The van der Waals surface area contributed by atoms with Crippen molar-refractivity contribution < 1.29 is 0 Å². The van der Waals surface area contributed by atoms with Crippen LogP contribution in [0, 0.1) is 6.92 Å². The summed E-state index contributed by atoms with van der Waals surface area (Å²) in [5.74, 6) is 1.39. The lowest BCUT2D eigenvalue weighted by molar-refractivity contribution is 0.495. The SMILES string of the molecule is CCCCc1cn(-c2c(C)cnn2C)c(=O)n1CC1(c2cccc(-c3nnn[nH]3)c2)C=CNC=C1. The average molecular weight is 472 g/mol. The van der Waals surface area contributed by atoms with Crippen LogP contribution in [0.4, 0.5) is 0 Å². The molecule has 4 heterocycles. The molecule has 0 aliphatic carbocycles. The topological polar surface area (TPSA) is 111 Å². The Kier molecular flexibility index (Phi) is 5.94. The van der Waals surface area contributed by atoms with E-state index in [1.54, 1.807) is 15.4 Å². The number of dihydropyridines is 1. The number of benzene rings is 1. The van der Waals surface area contributed by atoms with Crippen molar-refractivity contribution in [3.63, 3.8) is 0 Å². The first-order valence-corrected chi connectivity index (χ1v) is 11.8. The van der Waals surface area contributed by atoms with Gasteiger partial charge in [0.05, 0.1) is 11.6 Å². The lowest BCUT2D eigenvalue weighted by Crippen LogP contribution is -2.36. The lowest BCUT2D eigenvalue weighted by Gasteiger charge is -2.31. The second-order valence-electron chi connectivity index (χ2n) is 8.94. The van der Waals surface area contributed by atoms with Crippen LogP contribution in [0.25, 0.3) is 17.2 Å². The van der Waals surface area contributed by atoms with E-state index in [9.17, 15) is 4.79 Å². The highest BCUT2D eigenvalue weighted by Gasteiger charge is 2.31. The summed E-state index contributed by atoms with van der Waals surface area (Å²) in [6, 6.07) is 8.10. The molecule has 0 saturated carbocycles. The van der Waals surface area contributed by atoms with Gasteiger partial charge in [0, 0.05) is 36.6 Å². The highest BCUT2D eigenvalue weighted by molar-refractivity contribution is 5.57. The summed E-state index contributed by atoms with van der Waals surface area (Å²) in [4.78, 5) is 13.8. The van der Waals surface area contributed by atoms with Crippen LogP contribution in [0.1, 0.15) is 36.6 Å². The van der Waals surface area contributed by atoms with Gasteiger partial charge in [-0.15, -0.1) is 5.10 Å². The lowest BCUT2D eigenvalue weighted by atomic mass is 9.78. The molecule has 2 N–H and O–H groups in total. The van der Waals surface area contributed by atoms with Gasteiger partial charge in [-0.25, -0.2) is 9.89 Å². The molecule has 1 aliphatic heterocycles. The number of tetrazole rings is 1. The number of allylic oxidation sites excluding steroid dienone is 2. The summed E-state index contributed by atoms with van der Waals surface area (Å²) in [5.41, 5.74) is 3.28. The number of aryl methyl sites for hydroxylation is 3. The molecule has 0 spiro atoms. The number of H-pyrrole nitrogens is 1. The summed E-state index contributed by atoms with van der Waals surface area (Å²) in [6.45, 7) is 4.59. The minimum Gasteiger partial charge on any atom is -0.368 e. The van der Waals surface area contributed by atoms with Crippen LogP contribution >= 0.6 is 0 Å². The van der Waals surface area contributed by atoms with Crippen LogP contribution in [-0.4, -0.2) is 39.5 Å². The third kappa shape index (κ3) is 4.11. The smallest absolute Gasteiger partial charge is 0.334 e. The van der Waals surface area contributed by atoms with E-state index >= 15 is 0 Å². The zero-order valence-corrected chi connectivity index (χ0v) is 20.1. The highest BCUT2D eigenvalue weighted by Crippen LogP contribution is 2.33. The van der Waals surface area contributed by atoms with Crippen molar-refractivity contribution in [1.82, 2.24) is 44.9 Å². The molecule has 0 saturated heterocycles. The summed E-state index contributed by atoms with van der Waals surface area (Å²) in [6.07, 6.45) is 14.7. The molecule has 10 nitrogen and oxygen atoms in total. The summed E-state index contributed by atoms with van der Waals surface area (Å²) >= 11 is 0. The van der Waals surface area contributed by atoms with Crippen molar-refractivity contribution in [3.8, 4) is 17.2 Å². The Morgan fingerprint density at radius 3 is 2.69 bits per heavy atom. The van der Waals surface area contributed by atoms with Crippen LogP contribution in [0.5, 0.6) is 0 Å². The molecule has 0 radical (unpaired) electrons. The third-order valence-electron chi connectivity index (χ3n) is 6.55. The van der Waals surface area contributed by atoms with Crippen molar-refractivity contribution in [2.75, 3.05) is 0 Å². The van der Waals surface area contributed by atoms with Crippen LogP contribution in [0.2, 0.25) is 0 Å². The molecule has 0 unspecified atom stereocenters. The normalized spacial score (nSPS) is 14.4. The Morgan fingerprint density at radius 1 is 1.17 bits per heavy atom. The quantitative estimate of drug-likeness (QED) is 0.409. The molecular weight excluding hydrogens is 442 g/mol. The molecule has 1 aliphatic rings. The Bertz CT molecular complexity index is 1400.